The fourth-order valence-electron chi connectivity index (χ4n) is 2.17. The predicted octanol–water partition coefficient (Wildman–Crippen LogP) is 1.15. The molecule has 0 aliphatic carbocycles. The molecule has 2 aliphatic rings. The lowest BCUT2D eigenvalue weighted by Gasteiger charge is -2.28. The SMILES string of the molecule is CC(C)COCC1COC2(OCC(C)(C)C2O)O1. The first-order valence-electron chi connectivity index (χ1n) is 6.57. The molecule has 106 valence electrons. The minimum atomic E-state index is -1.28. The fourth-order valence-corrected chi connectivity index (χ4v) is 2.17. The van der Waals surface area contributed by atoms with Gasteiger partial charge in [-0.3, -0.25) is 0 Å². The van der Waals surface area contributed by atoms with E-state index in [1.54, 1.807) is 0 Å². The van der Waals surface area contributed by atoms with E-state index in [1.165, 1.54) is 0 Å². The Morgan fingerprint density at radius 3 is 2.61 bits per heavy atom. The van der Waals surface area contributed by atoms with Crippen molar-refractivity contribution < 1.29 is 24.1 Å². The summed E-state index contributed by atoms with van der Waals surface area (Å²) in [6.07, 6.45) is -0.951. The molecule has 5 heteroatoms. The molecule has 0 saturated carbocycles. The maximum Gasteiger partial charge on any atom is 0.311 e. The van der Waals surface area contributed by atoms with Crippen molar-refractivity contribution in [1.29, 1.82) is 0 Å². The standard InChI is InChI=1S/C13H24O5/c1-9(2)5-15-6-10-7-16-13(18-10)11(14)12(3,4)8-17-13/h9-11,14H,5-8H2,1-4H3. The van der Waals surface area contributed by atoms with Crippen molar-refractivity contribution in [2.75, 3.05) is 26.4 Å². The van der Waals surface area contributed by atoms with Crippen molar-refractivity contribution in [3.8, 4) is 0 Å². The van der Waals surface area contributed by atoms with Crippen LogP contribution in [0.3, 0.4) is 0 Å². The van der Waals surface area contributed by atoms with Crippen molar-refractivity contribution in [2.24, 2.45) is 11.3 Å². The molecule has 2 aliphatic heterocycles. The summed E-state index contributed by atoms with van der Waals surface area (Å²) < 4.78 is 22.3. The van der Waals surface area contributed by atoms with Gasteiger partial charge >= 0.3 is 5.97 Å². The zero-order chi connectivity index (χ0) is 13.4. The average molecular weight is 260 g/mol. The summed E-state index contributed by atoms with van der Waals surface area (Å²) in [5, 5.41) is 10.2. The van der Waals surface area contributed by atoms with E-state index in [2.05, 4.69) is 13.8 Å². The van der Waals surface area contributed by atoms with Crippen LogP contribution in [-0.4, -0.2) is 49.7 Å². The fraction of sp³-hybridized carbons (Fsp3) is 1.00. The second-order valence-electron chi connectivity index (χ2n) is 6.27. The first-order chi connectivity index (χ1) is 8.36. The van der Waals surface area contributed by atoms with Crippen LogP contribution >= 0.6 is 0 Å². The minimum Gasteiger partial charge on any atom is -0.384 e. The zero-order valence-corrected chi connectivity index (χ0v) is 11.6. The summed E-state index contributed by atoms with van der Waals surface area (Å²) in [7, 11) is 0. The molecule has 3 unspecified atom stereocenters. The van der Waals surface area contributed by atoms with Crippen LogP contribution in [0.4, 0.5) is 0 Å². The van der Waals surface area contributed by atoms with Gasteiger partial charge in [-0.05, 0) is 5.92 Å². The number of ether oxygens (including phenoxy) is 4. The van der Waals surface area contributed by atoms with Gasteiger partial charge in [0.15, 0.2) is 0 Å². The quantitative estimate of drug-likeness (QED) is 0.821. The molecule has 1 N–H and O–H groups in total. The first-order valence-corrected chi connectivity index (χ1v) is 6.57. The van der Waals surface area contributed by atoms with E-state index < -0.39 is 12.1 Å². The van der Waals surface area contributed by atoms with Crippen molar-refractivity contribution in [3.05, 3.63) is 0 Å². The van der Waals surface area contributed by atoms with Gasteiger partial charge in [-0.1, -0.05) is 27.7 Å². The molecule has 0 aromatic heterocycles. The second kappa shape index (κ2) is 5.06. The minimum absolute atomic E-state index is 0.174. The number of aliphatic hydroxyl groups excluding tert-OH is 1. The summed E-state index contributed by atoms with van der Waals surface area (Å²) in [6.45, 7) is 10.0. The highest BCUT2D eigenvalue weighted by atomic mass is 16.9. The van der Waals surface area contributed by atoms with E-state index in [1.807, 2.05) is 13.8 Å². The zero-order valence-electron chi connectivity index (χ0n) is 11.6. The maximum absolute atomic E-state index is 10.2. The molecule has 0 radical (unpaired) electrons. The summed E-state index contributed by atoms with van der Waals surface area (Å²) in [5.41, 5.74) is -0.353. The molecule has 5 nitrogen and oxygen atoms in total. The Morgan fingerprint density at radius 1 is 1.33 bits per heavy atom. The number of aliphatic hydroxyl groups is 1. The maximum atomic E-state index is 10.2. The van der Waals surface area contributed by atoms with Crippen molar-refractivity contribution >= 4 is 0 Å². The van der Waals surface area contributed by atoms with E-state index in [0.717, 1.165) is 0 Å². The molecule has 0 bridgehead atoms. The molecule has 0 aromatic rings. The van der Waals surface area contributed by atoms with E-state index in [9.17, 15) is 5.11 Å². The molecular weight excluding hydrogens is 236 g/mol. The van der Waals surface area contributed by atoms with E-state index in [-0.39, 0.29) is 11.5 Å². The van der Waals surface area contributed by atoms with Crippen LogP contribution in [-0.2, 0) is 18.9 Å². The molecular formula is C13H24O5. The average Bonchev–Trinajstić information content (AvgIpc) is 2.78. The Hall–Kier alpha value is -0.200. The van der Waals surface area contributed by atoms with E-state index in [0.29, 0.717) is 32.3 Å². The van der Waals surface area contributed by atoms with Gasteiger partial charge in [0.05, 0.1) is 19.8 Å². The first kappa shape index (κ1) is 14.2. The Bertz CT molecular complexity index is 289. The molecule has 18 heavy (non-hydrogen) atoms. The van der Waals surface area contributed by atoms with Crippen LogP contribution in [0.2, 0.25) is 0 Å². The van der Waals surface area contributed by atoms with Crippen LogP contribution in [0.5, 0.6) is 0 Å². The lowest BCUT2D eigenvalue weighted by Crippen LogP contribution is -2.45. The van der Waals surface area contributed by atoms with Gasteiger partial charge in [0.1, 0.15) is 12.2 Å². The Morgan fingerprint density at radius 2 is 2.06 bits per heavy atom. The summed E-state index contributed by atoms with van der Waals surface area (Å²) in [5.74, 6) is -0.788. The Balaban J connectivity index is 1.85. The highest BCUT2D eigenvalue weighted by Gasteiger charge is 2.60. The lowest BCUT2D eigenvalue weighted by atomic mass is 9.89. The summed E-state index contributed by atoms with van der Waals surface area (Å²) in [6, 6.07) is 0. The summed E-state index contributed by atoms with van der Waals surface area (Å²) in [4.78, 5) is 0. The lowest BCUT2D eigenvalue weighted by molar-refractivity contribution is -0.347. The molecule has 0 aromatic carbocycles. The van der Waals surface area contributed by atoms with E-state index >= 15 is 0 Å². The highest BCUT2D eigenvalue weighted by molar-refractivity contribution is 4.94. The predicted molar refractivity (Wildman–Crippen MR) is 65.0 cm³/mol. The van der Waals surface area contributed by atoms with E-state index in [4.69, 9.17) is 18.9 Å². The normalized spacial score (nSPS) is 39.0. The van der Waals surface area contributed by atoms with Crippen LogP contribution in [0.25, 0.3) is 0 Å². The van der Waals surface area contributed by atoms with Crippen molar-refractivity contribution in [3.63, 3.8) is 0 Å². The molecule has 2 rings (SSSR count). The van der Waals surface area contributed by atoms with Crippen LogP contribution in [0.15, 0.2) is 0 Å². The van der Waals surface area contributed by atoms with Crippen LogP contribution in [0.1, 0.15) is 27.7 Å². The largest absolute Gasteiger partial charge is 0.384 e. The van der Waals surface area contributed by atoms with Gasteiger partial charge in [0.2, 0.25) is 0 Å². The molecule has 2 heterocycles. The molecule has 2 fully saturated rings. The van der Waals surface area contributed by atoms with Gasteiger partial charge in [-0.25, -0.2) is 0 Å². The Kier molecular flexibility index (Phi) is 3.99. The summed E-state index contributed by atoms with van der Waals surface area (Å²) >= 11 is 0. The number of hydrogen-bond donors (Lipinski definition) is 1. The molecule has 1 spiro atoms. The van der Waals surface area contributed by atoms with Gasteiger partial charge in [0.25, 0.3) is 0 Å². The third-order valence-corrected chi connectivity index (χ3v) is 3.28. The van der Waals surface area contributed by atoms with Gasteiger partial charge in [0, 0.05) is 12.0 Å². The topological polar surface area (TPSA) is 57.2 Å². The Labute approximate surface area is 108 Å². The van der Waals surface area contributed by atoms with Gasteiger partial charge in [-0.15, -0.1) is 0 Å². The van der Waals surface area contributed by atoms with Crippen LogP contribution < -0.4 is 0 Å². The third kappa shape index (κ3) is 2.70. The number of hydrogen-bond acceptors (Lipinski definition) is 5. The molecule has 0 amide bonds. The second-order valence-corrected chi connectivity index (χ2v) is 6.27. The smallest absolute Gasteiger partial charge is 0.311 e. The monoisotopic (exact) mass is 260 g/mol. The molecule has 2 saturated heterocycles. The highest BCUT2D eigenvalue weighted by Crippen LogP contribution is 2.43. The van der Waals surface area contributed by atoms with Crippen molar-refractivity contribution in [1.82, 2.24) is 0 Å². The van der Waals surface area contributed by atoms with Gasteiger partial charge < -0.3 is 24.1 Å². The van der Waals surface area contributed by atoms with Crippen LogP contribution in [0, 0.1) is 11.3 Å². The third-order valence-electron chi connectivity index (χ3n) is 3.28. The number of rotatable bonds is 4. The van der Waals surface area contributed by atoms with Crippen molar-refractivity contribution in [2.45, 2.75) is 45.9 Å². The molecule has 3 atom stereocenters. The van der Waals surface area contributed by atoms with Gasteiger partial charge in [-0.2, -0.15) is 0 Å².